The van der Waals surface area contributed by atoms with Gasteiger partial charge in [0.1, 0.15) is 6.04 Å². The SMILES string of the molecule is Cn1c(=O)n([C@@H]2CCC(=O)NC2=O)c2ccc(CCCN3CCN(c4ccc5cn(C6CCC(CNC(=O)c7cc(F)c(O)c(F)c7F)CC6)nc5c4)CC3)cc21. The lowest BCUT2D eigenvalue weighted by Crippen LogP contribution is -2.46. The summed E-state index contributed by atoms with van der Waals surface area (Å²) in [5.74, 6) is -7.74. The number of amides is 3. The number of rotatable bonds is 10. The third-order valence-electron chi connectivity index (χ3n) is 12.0. The highest BCUT2D eigenvalue weighted by molar-refractivity contribution is 6.00. The average Bonchev–Trinajstić information content (AvgIpc) is 3.75. The van der Waals surface area contributed by atoms with Crippen LogP contribution in [-0.4, -0.2) is 85.9 Å². The van der Waals surface area contributed by atoms with Gasteiger partial charge in [0.25, 0.3) is 5.91 Å². The second-order valence-electron chi connectivity index (χ2n) is 15.6. The number of benzene rings is 3. The van der Waals surface area contributed by atoms with Crippen LogP contribution in [0.4, 0.5) is 18.9 Å². The van der Waals surface area contributed by atoms with Crippen LogP contribution in [0.2, 0.25) is 0 Å². The molecular weight excluding hydrogens is 741 g/mol. The molecule has 13 nitrogen and oxygen atoms in total. The van der Waals surface area contributed by atoms with Crippen LogP contribution in [-0.2, 0) is 23.1 Å². The number of aromatic nitrogens is 4. The molecule has 5 aromatic rings. The Hall–Kier alpha value is -5.64. The standard InChI is InChI=1S/C41H45F3N8O5/c1-48-34-19-24(6-11-32(34)52(41(48)57)33-12-13-35(53)46-40(33)56)3-2-14-49-15-17-50(18-16-49)28-10-7-26-23-51(47-31(26)20-28)27-8-4-25(5-9-27)22-45-39(55)29-21-30(42)38(54)37(44)36(29)43/h6-7,10-11,19-21,23,25,27,33,54H,2-5,8-9,12-18,22H2,1H3,(H,45,55)(H,46,53,56)/t25?,27?,33-/m1/s1. The van der Waals surface area contributed by atoms with Crippen molar-refractivity contribution in [3.63, 3.8) is 0 Å². The van der Waals surface area contributed by atoms with Crippen LogP contribution in [0.5, 0.6) is 5.75 Å². The molecule has 8 rings (SSSR count). The summed E-state index contributed by atoms with van der Waals surface area (Å²) in [6, 6.07) is 12.4. The van der Waals surface area contributed by atoms with Crippen molar-refractivity contribution >= 4 is 45.3 Å². The van der Waals surface area contributed by atoms with Gasteiger partial charge in [-0.2, -0.15) is 9.49 Å². The number of carbonyl (C=O) groups is 3. The molecule has 3 N–H and O–H groups in total. The van der Waals surface area contributed by atoms with Crippen molar-refractivity contribution in [2.75, 3.05) is 44.2 Å². The fourth-order valence-electron chi connectivity index (χ4n) is 8.63. The van der Waals surface area contributed by atoms with Crippen LogP contribution in [0.3, 0.4) is 0 Å². The zero-order chi connectivity index (χ0) is 40.0. The lowest BCUT2D eigenvalue weighted by Gasteiger charge is -2.36. The second kappa shape index (κ2) is 15.7. The van der Waals surface area contributed by atoms with E-state index in [-0.39, 0.29) is 36.5 Å². The number of anilines is 1. The molecule has 1 atom stereocenters. The molecule has 2 aliphatic heterocycles. The molecule has 3 fully saturated rings. The molecular formula is C41H45F3N8O5. The van der Waals surface area contributed by atoms with Gasteiger partial charge >= 0.3 is 5.69 Å². The molecule has 0 bridgehead atoms. The Morgan fingerprint density at radius 2 is 1.70 bits per heavy atom. The van der Waals surface area contributed by atoms with Gasteiger partial charge < -0.3 is 15.3 Å². The van der Waals surface area contributed by atoms with Crippen molar-refractivity contribution in [2.24, 2.45) is 13.0 Å². The molecule has 16 heteroatoms. The number of nitrogens with zero attached hydrogens (tertiary/aromatic N) is 6. The Labute approximate surface area is 326 Å². The van der Waals surface area contributed by atoms with Gasteiger partial charge in [-0.1, -0.05) is 6.07 Å². The van der Waals surface area contributed by atoms with Gasteiger partial charge in [0.05, 0.1) is 28.2 Å². The molecule has 3 aromatic carbocycles. The maximum atomic E-state index is 14.1. The quantitative estimate of drug-likeness (QED) is 0.136. The van der Waals surface area contributed by atoms with Crippen LogP contribution in [0.15, 0.2) is 53.5 Å². The Bertz CT molecular complexity index is 2430. The highest BCUT2D eigenvalue weighted by atomic mass is 19.2. The van der Waals surface area contributed by atoms with E-state index >= 15 is 0 Å². The van der Waals surface area contributed by atoms with Crippen molar-refractivity contribution in [2.45, 2.75) is 63.5 Å². The summed E-state index contributed by atoms with van der Waals surface area (Å²) >= 11 is 0. The molecule has 2 aromatic heterocycles. The van der Waals surface area contributed by atoms with E-state index in [1.54, 1.807) is 11.6 Å². The Balaban J connectivity index is 0.800. The lowest BCUT2D eigenvalue weighted by molar-refractivity contribution is -0.135. The molecule has 0 spiro atoms. The van der Waals surface area contributed by atoms with E-state index in [0.717, 1.165) is 98.9 Å². The van der Waals surface area contributed by atoms with Gasteiger partial charge in [-0.15, -0.1) is 0 Å². The van der Waals surface area contributed by atoms with Crippen molar-refractivity contribution in [3.05, 3.63) is 87.7 Å². The first kappa shape index (κ1) is 38.2. The third-order valence-corrected chi connectivity index (χ3v) is 12.0. The smallest absolute Gasteiger partial charge is 0.329 e. The van der Waals surface area contributed by atoms with E-state index in [9.17, 15) is 37.5 Å². The predicted molar refractivity (Wildman–Crippen MR) is 207 cm³/mol. The van der Waals surface area contributed by atoms with Crippen LogP contribution < -0.4 is 21.2 Å². The number of fused-ring (bicyclic) bond motifs is 2. The molecule has 2 saturated heterocycles. The van der Waals surface area contributed by atoms with E-state index in [0.29, 0.717) is 18.0 Å². The summed E-state index contributed by atoms with van der Waals surface area (Å²) in [6.07, 6.45) is 7.70. The third kappa shape index (κ3) is 7.62. The van der Waals surface area contributed by atoms with E-state index in [1.165, 1.54) is 4.57 Å². The number of imide groups is 1. The number of phenols is 1. The highest BCUT2D eigenvalue weighted by Crippen LogP contribution is 2.34. The molecule has 3 amide bonds. The van der Waals surface area contributed by atoms with Gasteiger partial charge in [-0.3, -0.25) is 38.4 Å². The van der Waals surface area contributed by atoms with Gasteiger partial charge in [-0.25, -0.2) is 13.6 Å². The molecule has 0 unspecified atom stereocenters. The summed E-state index contributed by atoms with van der Waals surface area (Å²) in [7, 11) is 1.71. The van der Waals surface area contributed by atoms with Crippen molar-refractivity contribution in [1.82, 2.24) is 34.4 Å². The van der Waals surface area contributed by atoms with Gasteiger partial charge in [0.15, 0.2) is 17.4 Å². The number of aryl methyl sites for hydroxylation is 2. The molecule has 300 valence electrons. The minimum Gasteiger partial charge on any atom is -0.503 e. The topological polar surface area (TPSA) is 147 Å². The maximum Gasteiger partial charge on any atom is 0.329 e. The molecule has 4 heterocycles. The van der Waals surface area contributed by atoms with Crippen molar-refractivity contribution in [1.29, 1.82) is 0 Å². The number of hydrogen-bond acceptors (Lipinski definition) is 8. The number of halogens is 3. The summed E-state index contributed by atoms with van der Waals surface area (Å²) in [5.41, 5.74) is 3.63. The first-order valence-corrected chi connectivity index (χ1v) is 19.6. The lowest BCUT2D eigenvalue weighted by atomic mass is 9.86. The van der Waals surface area contributed by atoms with E-state index in [2.05, 4.69) is 44.8 Å². The maximum absolute atomic E-state index is 14.1. The molecule has 1 aliphatic carbocycles. The first-order chi connectivity index (χ1) is 27.4. The number of imidazole rings is 1. The molecule has 1 saturated carbocycles. The molecule has 3 aliphatic rings. The number of hydrogen-bond donors (Lipinski definition) is 3. The minimum absolute atomic E-state index is 0.128. The Morgan fingerprint density at radius 1 is 0.930 bits per heavy atom. The van der Waals surface area contributed by atoms with Crippen LogP contribution in [0.1, 0.15) is 73.0 Å². The van der Waals surface area contributed by atoms with Crippen LogP contribution in [0.25, 0.3) is 21.9 Å². The number of piperazine rings is 1. The number of carbonyl (C=O) groups excluding carboxylic acids is 3. The van der Waals surface area contributed by atoms with Gasteiger partial charge in [-0.05, 0) is 99.4 Å². The van der Waals surface area contributed by atoms with Gasteiger partial charge in [0, 0.05) is 63.5 Å². The van der Waals surface area contributed by atoms with Crippen LogP contribution >= 0.6 is 0 Å². The first-order valence-electron chi connectivity index (χ1n) is 19.6. The summed E-state index contributed by atoms with van der Waals surface area (Å²) in [4.78, 5) is 54.6. The van der Waals surface area contributed by atoms with E-state index < -0.39 is 46.6 Å². The molecule has 0 radical (unpaired) electrons. The highest BCUT2D eigenvalue weighted by Gasteiger charge is 2.32. The fourth-order valence-corrected chi connectivity index (χ4v) is 8.63. The average molecular weight is 787 g/mol. The summed E-state index contributed by atoms with van der Waals surface area (Å²) < 4.78 is 46.7. The summed E-state index contributed by atoms with van der Waals surface area (Å²) in [5, 5.41) is 20.2. The van der Waals surface area contributed by atoms with E-state index in [4.69, 9.17) is 5.10 Å². The Kier molecular flexibility index (Phi) is 10.5. The zero-order valence-corrected chi connectivity index (χ0v) is 31.6. The molecule has 57 heavy (non-hydrogen) atoms. The predicted octanol–water partition coefficient (Wildman–Crippen LogP) is 4.71. The zero-order valence-electron chi connectivity index (χ0n) is 31.6. The minimum atomic E-state index is -1.78. The monoisotopic (exact) mass is 786 g/mol. The van der Waals surface area contributed by atoms with Crippen molar-refractivity contribution in [3.8, 4) is 5.75 Å². The second-order valence-corrected chi connectivity index (χ2v) is 15.6. The van der Waals surface area contributed by atoms with Crippen LogP contribution in [0, 0.1) is 23.4 Å². The van der Waals surface area contributed by atoms with Crippen molar-refractivity contribution < 1.29 is 32.7 Å². The number of piperidine rings is 1. The van der Waals surface area contributed by atoms with Gasteiger partial charge in [0.2, 0.25) is 17.6 Å². The number of aromatic hydroxyl groups is 1. The fraction of sp³-hybridized carbons (Fsp3) is 0.439. The van der Waals surface area contributed by atoms with E-state index in [1.807, 2.05) is 22.9 Å². The summed E-state index contributed by atoms with van der Waals surface area (Å²) in [6.45, 7) is 4.89. The largest absolute Gasteiger partial charge is 0.503 e. The normalized spacial score (nSPS) is 20.7. The number of nitrogens with one attached hydrogen (secondary N) is 2. The Morgan fingerprint density at radius 3 is 2.46 bits per heavy atom. The number of phenolic OH excluding ortho intramolecular Hbond substituents is 1.